The minimum Gasteiger partial charge on any atom is -0.381 e. The van der Waals surface area contributed by atoms with Gasteiger partial charge in [0.25, 0.3) is 0 Å². The van der Waals surface area contributed by atoms with Crippen LogP contribution < -0.4 is 0 Å². The lowest BCUT2D eigenvalue weighted by atomic mass is 9.94. The van der Waals surface area contributed by atoms with Crippen molar-refractivity contribution in [3.63, 3.8) is 0 Å². The molecule has 1 unspecified atom stereocenters. The van der Waals surface area contributed by atoms with E-state index in [2.05, 4.69) is 29.6 Å². The van der Waals surface area contributed by atoms with Crippen molar-refractivity contribution in [2.45, 2.75) is 45.1 Å². The number of amides is 1. The number of carbonyl (C=O) groups excluding carboxylic acids is 1. The van der Waals surface area contributed by atoms with Crippen molar-refractivity contribution in [1.29, 1.82) is 0 Å². The van der Waals surface area contributed by atoms with Gasteiger partial charge in [0.2, 0.25) is 5.91 Å². The van der Waals surface area contributed by atoms with Crippen LogP contribution in [0.1, 0.15) is 50.9 Å². The topological polar surface area (TPSA) is 47.4 Å². The number of hydrogen-bond acceptors (Lipinski definition) is 3. The molecule has 3 rings (SSSR count). The van der Waals surface area contributed by atoms with E-state index in [-0.39, 0.29) is 11.8 Å². The fourth-order valence-corrected chi connectivity index (χ4v) is 3.42. The summed E-state index contributed by atoms with van der Waals surface area (Å²) in [7, 11) is 0. The van der Waals surface area contributed by atoms with E-state index < -0.39 is 0 Å². The number of aromatic nitrogens is 2. The molecule has 2 fully saturated rings. The summed E-state index contributed by atoms with van der Waals surface area (Å²) in [4.78, 5) is 19.0. The van der Waals surface area contributed by atoms with Crippen LogP contribution in [0.3, 0.4) is 0 Å². The lowest BCUT2D eigenvalue weighted by Gasteiger charge is -2.33. The normalized spacial score (nSPS) is 24.0. The predicted molar refractivity (Wildman–Crippen MR) is 80.1 cm³/mol. The van der Waals surface area contributed by atoms with Crippen LogP contribution in [0.4, 0.5) is 0 Å². The molecule has 0 radical (unpaired) electrons. The smallest absolute Gasteiger partial charge is 0.228 e. The van der Waals surface area contributed by atoms with Gasteiger partial charge in [0.15, 0.2) is 0 Å². The van der Waals surface area contributed by atoms with Gasteiger partial charge in [-0.05, 0) is 33.1 Å². The highest BCUT2D eigenvalue weighted by Gasteiger charge is 2.32. The van der Waals surface area contributed by atoms with Crippen molar-refractivity contribution in [1.82, 2.24) is 14.5 Å². The molecule has 2 aliphatic heterocycles. The summed E-state index contributed by atoms with van der Waals surface area (Å²) in [6.45, 7) is 7.42. The van der Waals surface area contributed by atoms with E-state index in [4.69, 9.17) is 4.74 Å². The van der Waals surface area contributed by atoms with Crippen molar-refractivity contribution in [2.75, 3.05) is 26.3 Å². The number of rotatable bonds is 3. The van der Waals surface area contributed by atoms with Crippen molar-refractivity contribution in [3.8, 4) is 0 Å². The van der Waals surface area contributed by atoms with Crippen LogP contribution in [-0.4, -0.2) is 46.7 Å². The number of likely N-dealkylation sites (tertiary alicyclic amines) is 1. The Bertz CT molecular complexity index is 483. The SMILES string of the molecule is CC(C)n1ccnc1C1CCN(C(=O)C2CCOC2)CC1. The molecular weight excluding hydrogens is 266 g/mol. The Kier molecular flexibility index (Phi) is 4.29. The lowest BCUT2D eigenvalue weighted by Crippen LogP contribution is -2.41. The van der Waals surface area contributed by atoms with Crippen LogP contribution in [-0.2, 0) is 9.53 Å². The Morgan fingerprint density at radius 2 is 2.10 bits per heavy atom. The standard InChI is InChI=1S/C16H25N3O2/c1-12(2)19-9-6-17-15(19)13-3-7-18(8-4-13)16(20)14-5-10-21-11-14/h6,9,12-14H,3-5,7-8,10-11H2,1-2H3. The van der Waals surface area contributed by atoms with E-state index in [1.807, 2.05) is 11.1 Å². The molecule has 1 amide bonds. The van der Waals surface area contributed by atoms with Crippen LogP contribution in [0, 0.1) is 5.92 Å². The molecule has 1 atom stereocenters. The number of nitrogens with zero attached hydrogens (tertiary/aromatic N) is 3. The number of carbonyl (C=O) groups is 1. The summed E-state index contributed by atoms with van der Waals surface area (Å²) >= 11 is 0. The second-order valence-corrected chi connectivity index (χ2v) is 6.45. The van der Waals surface area contributed by atoms with E-state index >= 15 is 0 Å². The molecule has 116 valence electrons. The van der Waals surface area contributed by atoms with Crippen molar-refractivity contribution in [3.05, 3.63) is 18.2 Å². The fraction of sp³-hybridized carbons (Fsp3) is 0.750. The first-order valence-corrected chi connectivity index (χ1v) is 8.06. The molecule has 2 aliphatic rings. The third kappa shape index (κ3) is 2.98. The molecule has 2 saturated heterocycles. The first-order valence-electron chi connectivity index (χ1n) is 8.06. The van der Waals surface area contributed by atoms with E-state index in [1.165, 1.54) is 5.82 Å². The van der Waals surface area contributed by atoms with Crippen LogP contribution in [0.5, 0.6) is 0 Å². The number of ether oxygens (including phenoxy) is 1. The quantitative estimate of drug-likeness (QED) is 0.858. The van der Waals surface area contributed by atoms with Gasteiger partial charge in [-0.3, -0.25) is 4.79 Å². The molecule has 1 aromatic heterocycles. The Morgan fingerprint density at radius 1 is 1.33 bits per heavy atom. The molecule has 21 heavy (non-hydrogen) atoms. The Morgan fingerprint density at radius 3 is 2.71 bits per heavy atom. The number of hydrogen-bond donors (Lipinski definition) is 0. The zero-order valence-corrected chi connectivity index (χ0v) is 13.0. The first-order chi connectivity index (χ1) is 10.2. The molecule has 5 heteroatoms. The molecule has 0 spiro atoms. The minimum atomic E-state index is 0.0965. The summed E-state index contributed by atoms with van der Waals surface area (Å²) in [6.07, 6.45) is 6.87. The molecule has 1 aromatic rings. The molecule has 0 saturated carbocycles. The molecule has 0 bridgehead atoms. The molecule has 3 heterocycles. The third-order valence-corrected chi connectivity index (χ3v) is 4.71. The predicted octanol–water partition coefficient (Wildman–Crippen LogP) is 2.21. The van der Waals surface area contributed by atoms with Gasteiger partial charge in [0.05, 0.1) is 12.5 Å². The van der Waals surface area contributed by atoms with Crippen LogP contribution in [0.2, 0.25) is 0 Å². The average molecular weight is 291 g/mol. The van der Waals surface area contributed by atoms with Gasteiger partial charge in [-0.1, -0.05) is 0 Å². The van der Waals surface area contributed by atoms with Crippen molar-refractivity contribution >= 4 is 5.91 Å². The van der Waals surface area contributed by atoms with Crippen LogP contribution in [0.15, 0.2) is 12.4 Å². The highest BCUT2D eigenvalue weighted by atomic mass is 16.5. The maximum absolute atomic E-state index is 12.4. The molecule has 0 aliphatic carbocycles. The van der Waals surface area contributed by atoms with Crippen molar-refractivity contribution < 1.29 is 9.53 Å². The minimum absolute atomic E-state index is 0.0965. The number of imidazole rings is 1. The Hall–Kier alpha value is -1.36. The maximum Gasteiger partial charge on any atom is 0.228 e. The van der Waals surface area contributed by atoms with Crippen molar-refractivity contribution in [2.24, 2.45) is 5.92 Å². The highest BCUT2D eigenvalue weighted by Crippen LogP contribution is 2.29. The Labute approximate surface area is 126 Å². The zero-order valence-electron chi connectivity index (χ0n) is 13.0. The molecular formula is C16H25N3O2. The molecule has 0 N–H and O–H groups in total. The van der Waals surface area contributed by atoms with E-state index in [0.29, 0.717) is 18.6 Å². The third-order valence-electron chi connectivity index (χ3n) is 4.71. The van der Waals surface area contributed by atoms with Gasteiger partial charge in [0, 0.05) is 44.0 Å². The summed E-state index contributed by atoms with van der Waals surface area (Å²) < 4.78 is 7.59. The van der Waals surface area contributed by atoms with Gasteiger partial charge in [-0.25, -0.2) is 4.98 Å². The van der Waals surface area contributed by atoms with E-state index in [1.54, 1.807) is 0 Å². The first kappa shape index (κ1) is 14.6. The van der Waals surface area contributed by atoms with Gasteiger partial charge >= 0.3 is 0 Å². The fourth-order valence-electron chi connectivity index (χ4n) is 3.42. The van der Waals surface area contributed by atoms with Crippen LogP contribution >= 0.6 is 0 Å². The van der Waals surface area contributed by atoms with Gasteiger partial charge in [-0.15, -0.1) is 0 Å². The van der Waals surface area contributed by atoms with Crippen LogP contribution in [0.25, 0.3) is 0 Å². The van der Waals surface area contributed by atoms with Gasteiger partial charge in [-0.2, -0.15) is 0 Å². The second kappa shape index (κ2) is 6.18. The monoisotopic (exact) mass is 291 g/mol. The summed E-state index contributed by atoms with van der Waals surface area (Å²) in [6, 6.07) is 0.442. The van der Waals surface area contributed by atoms with Gasteiger partial charge < -0.3 is 14.2 Å². The summed E-state index contributed by atoms with van der Waals surface area (Å²) in [5, 5.41) is 0. The maximum atomic E-state index is 12.4. The Balaban J connectivity index is 1.59. The molecule has 5 nitrogen and oxygen atoms in total. The number of piperidine rings is 1. The van der Waals surface area contributed by atoms with E-state index in [0.717, 1.165) is 39.0 Å². The molecule has 0 aromatic carbocycles. The second-order valence-electron chi connectivity index (χ2n) is 6.45. The van der Waals surface area contributed by atoms with E-state index in [9.17, 15) is 4.79 Å². The lowest BCUT2D eigenvalue weighted by molar-refractivity contribution is -0.136. The van der Waals surface area contributed by atoms with Gasteiger partial charge in [0.1, 0.15) is 5.82 Å². The summed E-state index contributed by atoms with van der Waals surface area (Å²) in [5.74, 6) is 2.05. The average Bonchev–Trinajstić information content (AvgIpc) is 3.18. The zero-order chi connectivity index (χ0) is 14.8. The highest BCUT2D eigenvalue weighted by molar-refractivity contribution is 5.79. The summed E-state index contributed by atoms with van der Waals surface area (Å²) in [5.41, 5.74) is 0. The largest absolute Gasteiger partial charge is 0.381 e.